The van der Waals surface area contributed by atoms with Crippen molar-refractivity contribution in [3.05, 3.63) is 37.0 Å². The Morgan fingerprint density at radius 1 is 1.62 bits per heavy atom. The number of rotatable bonds is 2. The van der Waals surface area contributed by atoms with Crippen molar-refractivity contribution in [2.24, 2.45) is 0 Å². The van der Waals surface area contributed by atoms with Crippen molar-refractivity contribution in [2.75, 3.05) is 0 Å². The molecular formula is C7H7N. The van der Waals surface area contributed by atoms with Gasteiger partial charge in [0.15, 0.2) is 0 Å². The van der Waals surface area contributed by atoms with Crippen LogP contribution in [0.3, 0.4) is 0 Å². The van der Waals surface area contributed by atoms with E-state index in [1.54, 1.807) is 18.2 Å². The lowest BCUT2D eigenvalue weighted by Crippen LogP contribution is -1.61. The number of hydrogen-bond acceptors (Lipinski definition) is 1. The largest absolute Gasteiger partial charge is 0.192 e. The predicted octanol–water partition coefficient (Wildman–Crippen LogP) is 1.81. The van der Waals surface area contributed by atoms with Crippen LogP contribution in [0.15, 0.2) is 37.0 Å². The molecule has 0 aromatic rings. The van der Waals surface area contributed by atoms with E-state index in [-0.39, 0.29) is 0 Å². The third-order valence-corrected chi connectivity index (χ3v) is 0.577. The SMILES string of the molecule is C=C/C=C/C(=C)C#N. The minimum atomic E-state index is 0.449. The number of hydrogen-bond donors (Lipinski definition) is 0. The van der Waals surface area contributed by atoms with Crippen molar-refractivity contribution in [2.45, 2.75) is 0 Å². The first-order valence-corrected chi connectivity index (χ1v) is 2.19. The molecule has 1 nitrogen and oxygen atoms in total. The monoisotopic (exact) mass is 105 g/mol. The molecule has 0 unspecified atom stereocenters. The molecule has 0 aliphatic heterocycles. The van der Waals surface area contributed by atoms with E-state index < -0.39 is 0 Å². The van der Waals surface area contributed by atoms with E-state index in [2.05, 4.69) is 13.2 Å². The molecule has 40 valence electrons. The molecule has 0 saturated carbocycles. The van der Waals surface area contributed by atoms with Gasteiger partial charge in [-0.2, -0.15) is 5.26 Å². The second kappa shape index (κ2) is 3.89. The summed E-state index contributed by atoms with van der Waals surface area (Å²) in [6.07, 6.45) is 4.88. The number of allylic oxidation sites excluding steroid dienone is 4. The van der Waals surface area contributed by atoms with Gasteiger partial charge in [0.25, 0.3) is 0 Å². The molecule has 0 aliphatic rings. The summed E-state index contributed by atoms with van der Waals surface area (Å²) in [6, 6.07) is 1.87. The summed E-state index contributed by atoms with van der Waals surface area (Å²) >= 11 is 0. The average molecular weight is 105 g/mol. The number of nitriles is 1. The van der Waals surface area contributed by atoms with Crippen LogP contribution in [0.2, 0.25) is 0 Å². The van der Waals surface area contributed by atoms with Crippen LogP contribution in [0.5, 0.6) is 0 Å². The van der Waals surface area contributed by atoms with Gasteiger partial charge in [0.2, 0.25) is 0 Å². The summed E-state index contributed by atoms with van der Waals surface area (Å²) in [5.74, 6) is 0. The number of nitrogens with zero attached hydrogens (tertiary/aromatic N) is 1. The highest BCUT2D eigenvalue weighted by Gasteiger charge is 1.74. The summed E-state index contributed by atoms with van der Waals surface area (Å²) < 4.78 is 0. The fraction of sp³-hybridized carbons (Fsp3) is 0. The zero-order valence-electron chi connectivity index (χ0n) is 4.59. The first kappa shape index (κ1) is 6.71. The van der Waals surface area contributed by atoms with E-state index in [1.807, 2.05) is 6.07 Å². The second-order valence-electron chi connectivity index (χ2n) is 1.23. The second-order valence-corrected chi connectivity index (χ2v) is 1.23. The van der Waals surface area contributed by atoms with Crippen LogP contribution in [0.25, 0.3) is 0 Å². The normalized spacial score (nSPS) is 8.38. The van der Waals surface area contributed by atoms with Crippen LogP contribution in [0, 0.1) is 11.3 Å². The lowest BCUT2D eigenvalue weighted by atomic mass is 10.3. The van der Waals surface area contributed by atoms with Crippen LogP contribution in [-0.4, -0.2) is 0 Å². The fourth-order valence-electron chi connectivity index (χ4n) is 0.221. The summed E-state index contributed by atoms with van der Waals surface area (Å²) in [5.41, 5.74) is 0.449. The van der Waals surface area contributed by atoms with E-state index in [9.17, 15) is 0 Å². The molecule has 0 saturated heterocycles. The van der Waals surface area contributed by atoms with Gasteiger partial charge in [-0.3, -0.25) is 0 Å². The van der Waals surface area contributed by atoms with E-state index in [1.165, 1.54) is 0 Å². The molecule has 0 radical (unpaired) electrons. The highest BCUT2D eigenvalue weighted by molar-refractivity contribution is 5.30. The van der Waals surface area contributed by atoms with Crippen LogP contribution in [0.1, 0.15) is 0 Å². The first-order chi connectivity index (χ1) is 3.81. The van der Waals surface area contributed by atoms with Gasteiger partial charge in [-0.1, -0.05) is 25.3 Å². The van der Waals surface area contributed by atoms with Crippen molar-refractivity contribution >= 4 is 0 Å². The lowest BCUT2D eigenvalue weighted by molar-refractivity contribution is 1.51. The minimum Gasteiger partial charge on any atom is -0.192 e. The van der Waals surface area contributed by atoms with Gasteiger partial charge in [-0.15, -0.1) is 0 Å². The molecule has 0 bridgehead atoms. The van der Waals surface area contributed by atoms with Crippen LogP contribution < -0.4 is 0 Å². The van der Waals surface area contributed by atoms with Gasteiger partial charge < -0.3 is 0 Å². The predicted molar refractivity (Wildman–Crippen MR) is 34.1 cm³/mol. The van der Waals surface area contributed by atoms with Gasteiger partial charge in [-0.05, 0) is 6.08 Å². The van der Waals surface area contributed by atoms with Crippen LogP contribution in [0.4, 0.5) is 0 Å². The Morgan fingerprint density at radius 2 is 2.25 bits per heavy atom. The van der Waals surface area contributed by atoms with E-state index in [0.29, 0.717) is 5.57 Å². The molecule has 0 spiro atoms. The maximum atomic E-state index is 8.13. The highest BCUT2D eigenvalue weighted by atomic mass is 14.2. The maximum absolute atomic E-state index is 8.13. The molecule has 0 aromatic heterocycles. The zero-order chi connectivity index (χ0) is 6.41. The summed E-state index contributed by atoms with van der Waals surface area (Å²) in [6.45, 7) is 6.84. The summed E-state index contributed by atoms with van der Waals surface area (Å²) in [7, 11) is 0. The molecule has 0 fully saturated rings. The lowest BCUT2D eigenvalue weighted by Gasteiger charge is -1.74. The van der Waals surface area contributed by atoms with Crippen molar-refractivity contribution in [1.82, 2.24) is 0 Å². The third-order valence-electron chi connectivity index (χ3n) is 0.577. The van der Waals surface area contributed by atoms with E-state index in [0.717, 1.165) is 0 Å². The van der Waals surface area contributed by atoms with Gasteiger partial charge in [0, 0.05) is 5.57 Å². The molecule has 0 rings (SSSR count). The van der Waals surface area contributed by atoms with Crippen molar-refractivity contribution in [3.63, 3.8) is 0 Å². The quantitative estimate of drug-likeness (QED) is 0.388. The van der Waals surface area contributed by atoms with Crippen molar-refractivity contribution in [3.8, 4) is 6.07 Å². The molecule has 0 atom stereocenters. The van der Waals surface area contributed by atoms with Crippen LogP contribution in [-0.2, 0) is 0 Å². The Morgan fingerprint density at radius 3 is 2.62 bits per heavy atom. The first-order valence-electron chi connectivity index (χ1n) is 2.19. The third kappa shape index (κ3) is 2.92. The Labute approximate surface area is 49.3 Å². The maximum Gasteiger partial charge on any atom is 0.0985 e. The average Bonchev–Trinajstić information content (AvgIpc) is 1.83. The van der Waals surface area contributed by atoms with E-state index in [4.69, 9.17) is 5.26 Å². The van der Waals surface area contributed by atoms with Crippen molar-refractivity contribution < 1.29 is 0 Å². The molecule has 1 heteroatoms. The Balaban J connectivity index is 3.75. The Hall–Kier alpha value is -1.29. The zero-order valence-corrected chi connectivity index (χ0v) is 4.59. The Kier molecular flexibility index (Phi) is 3.26. The molecule has 0 aromatic carbocycles. The summed E-state index contributed by atoms with van der Waals surface area (Å²) in [5, 5.41) is 8.13. The Bertz CT molecular complexity index is 158. The molecular weight excluding hydrogens is 98.1 g/mol. The highest BCUT2D eigenvalue weighted by Crippen LogP contribution is 1.87. The fourth-order valence-corrected chi connectivity index (χ4v) is 0.221. The van der Waals surface area contributed by atoms with Gasteiger partial charge in [0.05, 0.1) is 6.07 Å². The van der Waals surface area contributed by atoms with Crippen molar-refractivity contribution in [1.29, 1.82) is 5.26 Å². The smallest absolute Gasteiger partial charge is 0.0985 e. The van der Waals surface area contributed by atoms with Gasteiger partial charge in [0.1, 0.15) is 0 Å². The molecule has 0 heterocycles. The molecule has 8 heavy (non-hydrogen) atoms. The van der Waals surface area contributed by atoms with Gasteiger partial charge >= 0.3 is 0 Å². The molecule has 0 N–H and O–H groups in total. The standard InChI is InChI=1S/C7H7N/c1-3-4-5-7(2)6-8/h3-5H,1-2H2/b5-4+. The minimum absolute atomic E-state index is 0.449. The van der Waals surface area contributed by atoms with E-state index >= 15 is 0 Å². The van der Waals surface area contributed by atoms with Gasteiger partial charge in [-0.25, -0.2) is 0 Å². The molecule has 0 amide bonds. The van der Waals surface area contributed by atoms with Crippen LogP contribution >= 0.6 is 0 Å². The molecule has 0 aliphatic carbocycles. The summed E-state index contributed by atoms with van der Waals surface area (Å²) in [4.78, 5) is 0. The topological polar surface area (TPSA) is 23.8 Å².